The summed E-state index contributed by atoms with van der Waals surface area (Å²) in [5, 5.41) is 6.39. The summed E-state index contributed by atoms with van der Waals surface area (Å²) in [4.78, 5) is 15.4. The van der Waals surface area contributed by atoms with Crippen molar-refractivity contribution in [3.05, 3.63) is 59.6 Å². The Kier molecular flexibility index (Phi) is 4.79. The van der Waals surface area contributed by atoms with Crippen molar-refractivity contribution in [1.29, 1.82) is 0 Å². The van der Waals surface area contributed by atoms with Gasteiger partial charge in [-0.2, -0.15) is 0 Å². The zero-order valence-electron chi connectivity index (χ0n) is 11.3. The van der Waals surface area contributed by atoms with Gasteiger partial charge in [-0.15, -0.1) is 0 Å². The molecular formula is C15H15ClN4O. The van der Waals surface area contributed by atoms with E-state index in [1.165, 1.54) is 6.08 Å². The monoisotopic (exact) mass is 302 g/mol. The Bertz CT molecular complexity index is 672. The molecule has 0 atom stereocenters. The average molecular weight is 303 g/mol. The summed E-state index contributed by atoms with van der Waals surface area (Å²) in [6.45, 7) is 3.91. The molecule has 5 nitrogen and oxygen atoms in total. The number of carbonyl (C=O) groups excluding carboxylic acids is 1. The Morgan fingerprint density at radius 1 is 1.33 bits per heavy atom. The van der Waals surface area contributed by atoms with Gasteiger partial charge in [0.25, 0.3) is 0 Å². The van der Waals surface area contributed by atoms with Gasteiger partial charge in [-0.05, 0) is 29.8 Å². The van der Waals surface area contributed by atoms with Crippen LogP contribution in [-0.2, 0) is 11.3 Å². The molecule has 0 saturated heterocycles. The summed E-state index contributed by atoms with van der Waals surface area (Å²) >= 11 is 6.08. The molecule has 0 fully saturated rings. The molecule has 108 valence electrons. The highest BCUT2D eigenvalue weighted by molar-refractivity contribution is 6.31. The second-order valence-electron chi connectivity index (χ2n) is 4.27. The summed E-state index contributed by atoms with van der Waals surface area (Å²) in [6.07, 6.45) is 1.17. The number of nitrogens with zero attached hydrogens (tertiary/aromatic N) is 1. The lowest BCUT2D eigenvalue weighted by atomic mass is 10.2. The van der Waals surface area contributed by atoms with Gasteiger partial charge >= 0.3 is 0 Å². The number of amides is 1. The summed E-state index contributed by atoms with van der Waals surface area (Å²) in [6, 6.07) is 11.0. The van der Waals surface area contributed by atoms with Crippen LogP contribution in [0.4, 0.5) is 17.3 Å². The van der Waals surface area contributed by atoms with Crippen LogP contribution in [0, 0.1) is 0 Å². The van der Waals surface area contributed by atoms with E-state index in [-0.39, 0.29) is 11.7 Å². The lowest BCUT2D eigenvalue weighted by Gasteiger charge is -2.10. The Morgan fingerprint density at radius 2 is 2.10 bits per heavy atom. The van der Waals surface area contributed by atoms with Gasteiger partial charge in [0.05, 0.1) is 5.69 Å². The Balaban J connectivity index is 2.05. The van der Waals surface area contributed by atoms with E-state index in [9.17, 15) is 4.79 Å². The number of halogens is 1. The number of hydrogen-bond donors (Lipinski definition) is 3. The van der Waals surface area contributed by atoms with Crippen LogP contribution in [0.1, 0.15) is 5.56 Å². The molecule has 0 aliphatic heterocycles. The molecule has 0 aliphatic carbocycles. The van der Waals surface area contributed by atoms with Crippen molar-refractivity contribution < 1.29 is 4.79 Å². The average Bonchev–Trinajstić information content (AvgIpc) is 2.48. The van der Waals surface area contributed by atoms with E-state index in [2.05, 4.69) is 22.2 Å². The molecule has 4 N–H and O–H groups in total. The maximum Gasteiger partial charge on any atom is 0.247 e. The van der Waals surface area contributed by atoms with Crippen LogP contribution >= 0.6 is 11.6 Å². The molecule has 0 bridgehead atoms. The second-order valence-corrected chi connectivity index (χ2v) is 4.67. The second kappa shape index (κ2) is 6.76. The van der Waals surface area contributed by atoms with Gasteiger partial charge in [0.2, 0.25) is 5.91 Å². The minimum Gasteiger partial charge on any atom is -0.382 e. The first-order valence-electron chi connectivity index (χ1n) is 6.27. The highest BCUT2D eigenvalue weighted by atomic mass is 35.5. The van der Waals surface area contributed by atoms with E-state index in [0.717, 1.165) is 5.56 Å². The van der Waals surface area contributed by atoms with Crippen LogP contribution in [0.2, 0.25) is 5.02 Å². The fourth-order valence-corrected chi connectivity index (χ4v) is 1.89. The minimum atomic E-state index is -0.333. The number of carbonyl (C=O) groups is 1. The maximum absolute atomic E-state index is 11.2. The number of nitrogens with one attached hydrogen (secondary N) is 2. The third-order valence-corrected chi connectivity index (χ3v) is 3.15. The summed E-state index contributed by atoms with van der Waals surface area (Å²) in [5.41, 5.74) is 7.21. The Morgan fingerprint density at radius 3 is 2.76 bits per heavy atom. The predicted molar refractivity (Wildman–Crippen MR) is 86.3 cm³/mol. The number of hydrogen-bond acceptors (Lipinski definition) is 4. The van der Waals surface area contributed by atoms with Crippen molar-refractivity contribution >= 4 is 34.8 Å². The van der Waals surface area contributed by atoms with E-state index in [0.29, 0.717) is 23.1 Å². The molecule has 1 aromatic carbocycles. The first-order chi connectivity index (χ1) is 10.1. The molecule has 2 aromatic rings. The predicted octanol–water partition coefficient (Wildman–Crippen LogP) is 3.05. The zero-order chi connectivity index (χ0) is 15.2. The van der Waals surface area contributed by atoms with Crippen molar-refractivity contribution in [1.82, 2.24) is 4.98 Å². The van der Waals surface area contributed by atoms with Gasteiger partial charge in [0, 0.05) is 11.6 Å². The molecule has 2 rings (SSSR count). The van der Waals surface area contributed by atoms with E-state index >= 15 is 0 Å². The van der Waals surface area contributed by atoms with Gasteiger partial charge in [-0.3, -0.25) is 4.79 Å². The third kappa shape index (κ3) is 3.97. The normalized spacial score (nSPS) is 9.95. The zero-order valence-corrected chi connectivity index (χ0v) is 12.0. The number of anilines is 3. The molecule has 0 spiro atoms. The van der Waals surface area contributed by atoms with Gasteiger partial charge in [-0.1, -0.05) is 36.4 Å². The lowest BCUT2D eigenvalue weighted by Crippen LogP contribution is -2.11. The van der Waals surface area contributed by atoms with Gasteiger partial charge < -0.3 is 16.4 Å². The summed E-state index contributed by atoms with van der Waals surface area (Å²) < 4.78 is 0. The van der Waals surface area contributed by atoms with Crippen molar-refractivity contribution in [3.63, 3.8) is 0 Å². The van der Waals surface area contributed by atoms with Crippen molar-refractivity contribution in [3.8, 4) is 0 Å². The molecule has 0 saturated carbocycles. The van der Waals surface area contributed by atoms with Crippen LogP contribution in [0.25, 0.3) is 0 Å². The molecule has 1 heterocycles. The molecule has 6 heteroatoms. The quantitative estimate of drug-likeness (QED) is 0.742. The fraction of sp³-hybridized carbons (Fsp3) is 0.0667. The Labute approximate surface area is 127 Å². The summed E-state index contributed by atoms with van der Waals surface area (Å²) in [7, 11) is 0. The Hall–Kier alpha value is -2.53. The molecule has 21 heavy (non-hydrogen) atoms. The van der Waals surface area contributed by atoms with E-state index in [1.807, 2.05) is 24.3 Å². The number of benzene rings is 1. The van der Waals surface area contributed by atoms with Crippen LogP contribution in [0.3, 0.4) is 0 Å². The largest absolute Gasteiger partial charge is 0.382 e. The van der Waals surface area contributed by atoms with Crippen LogP contribution in [-0.4, -0.2) is 10.9 Å². The van der Waals surface area contributed by atoms with Crippen molar-refractivity contribution in [2.75, 3.05) is 16.4 Å². The molecule has 1 aromatic heterocycles. The number of nitrogens with two attached hydrogens (primary N) is 1. The standard InChI is InChI=1S/C15H15ClN4O/c1-2-14(21)19-12-7-8-13(20-15(12)17)18-9-10-5-3-4-6-11(10)16/h2-8H,1,9H2,(H,19,21)(H3,17,18,20). The molecular weight excluding hydrogens is 288 g/mol. The van der Waals surface area contributed by atoms with Gasteiger partial charge in [0.15, 0.2) is 0 Å². The topological polar surface area (TPSA) is 80.0 Å². The molecule has 0 aliphatic rings. The van der Waals surface area contributed by atoms with E-state index in [4.69, 9.17) is 17.3 Å². The van der Waals surface area contributed by atoms with Gasteiger partial charge in [0.1, 0.15) is 11.6 Å². The molecule has 1 amide bonds. The fourth-order valence-electron chi connectivity index (χ4n) is 1.69. The first-order valence-corrected chi connectivity index (χ1v) is 6.65. The van der Waals surface area contributed by atoms with Crippen LogP contribution in [0.5, 0.6) is 0 Å². The maximum atomic E-state index is 11.2. The van der Waals surface area contributed by atoms with Crippen LogP contribution in [0.15, 0.2) is 49.1 Å². The first kappa shape index (κ1) is 14.9. The smallest absolute Gasteiger partial charge is 0.247 e. The number of nitrogen functional groups attached to an aromatic ring is 1. The van der Waals surface area contributed by atoms with E-state index in [1.54, 1.807) is 12.1 Å². The molecule has 0 unspecified atom stereocenters. The van der Waals surface area contributed by atoms with Crippen molar-refractivity contribution in [2.24, 2.45) is 0 Å². The lowest BCUT2D eigenvalue weighted by molar-refractivity contribution is -0.111. The minimum absolute atomic E-state index is 0.231. The van der Waals surface area contributed by atoms with E-state index < -0.39 is 0 Å². The number of pyridine rings is 1. The highest BCUT2D eigenvalue weighted by Crippen LogP contribution is 2.20. The summed E-state index contributed by atoms with van der Waals surface area (Å²) in [5.74, 6) is 0.499. The van der Waals surface area contributed by atoms with Crippen molar-refractivity contribution in [2.45, 2.75) is 6.54 Å². The third-order valence-electron chi connectivity index (χ3n) is 2.79. The highest BCUT2D eigenvalue weighted by Gasteiger charge is 2.05. The SMILES string of the molecule is C=CC(=O)Nc1ccc(NCc2ccccc2Cl)nc1N. The number of aromatic nitrogens is 1. The van der Waals surface area contributed by atoms with Gasteiger partial charge in [-0.25, -0.2) is 4.98 Å². The van der Waals surface area contributed by atoms with Crippen LogP contribution < -0.4 is 16.4 Å². The number of rotatable bonds is 5. The molecule has 0 radical (unpaired) electrons.